The zero-order valence-corrected chi connectivity index (χ0v) is 17.7. The molecule has 5 rings (SSSR count). The number of carbonyl (C=O) groups is 1. The Balaban J connectivity index is 1.61. The van der Waals surface area contributed by atoms with Gasteiger partial charge in [0.15, 0.2) is 0 Å². The molecule has 3 heterocycles. The molecule has 2 aromatic carbocycles. The Hall–Kier alpha value is -4.48. The highest BCUT2D eigenvalue weighted by Gasteiger charge is 2.36. The summed E-state index contributed by atoms with van der Waals surface area (Å²) in [5, 5.41) is 17.6. The summed E-state index contributed by atoms with van der Waals surface area (Å²) in [4.78, 5) is 12.3. The SMILES string of the molecule is N#CC1=C(N)Oc2n[nH]c(-c3ccccc3Cl)c2[C@H]1c1cccc(OC(=O)c2ccco2)c1. The van der Waals surface area contributed by atoms with Gasteiger partial charge in [-0.2, -0.15) is 5.26 Å². The maximum absolute atomic E-state index is 12.3. The number of fused-ring (bicyclic) bond motifs is 1. The first kappa shape index (κ1) is 20.4. The molecule has 0 saturated carbocycles. The average molecular weight is 459 g/mol. The van der Waals surface area contributed by atoms with Gasteiger partial charge in [-0.25, -0.2) is 4.79 Å². The number of nitrogens with two attached hydrogens (primary N) is 1. The first-order valence-electron chi connectivity index (χ1n) is 9.83. The van der Waals surface area contributed by atoms with Crippen LogP contribution in [0.3, 0.4) is 0 Å². The Morgan fingerprint density at radius 1 is 1.18 bits per heavy atom. The minimum Gasteiger partial charge on any atom is -0.457 e. The van der Waals surface area contributed by atoms with Gasteiger partial charge in [0.1, 0.15) is 17.4 Å². The van der Waals surface area contributed by atoms with Gasteiger partial charge in [-0.1, -0.05) is 41.9 Å². The lowest BCUT2D eigenvalue weighted by Gasteiger charge is -2.24. The molecule has 1 aliphatic heterocycles. The van der Waals surface area contributed by atoms with Gasteiger partial charge < -0.3 is 19.6 Å². The number of benzene rings is 2. The van der Waals surface area contributed by atoms with Crippen LogP contribution in [0, 0.1) is 11.3 Å². The number of nitriles is 1. The van der Waals surface area contributed by atoms with E-state index in [1.807, 2.05) is 18.2 Å². The van der Waals surface area contributed by atoms with Crippen molar-refractivity contribution in [1.29, 1.82) is 5.26 Å². The molecule has 0 unspecified atom stereocenters. The van der Waals surface area contributed by atoms with Crippen molar-refractivity contribution in [3.63, 3.8) is 0 Å². The van der Waals surface area contributed by atoms with Crippen LogP contribution in [0.1, 0.15) is 27.6 Å². The van der Waals surface area contributed by atoms with Gasteiger partial charge in [0.25, 0.3) is 0 Å². The second-order valence-corrected chi connectivity index (χ2v) is 7.57. The minimum atomic E-state index is -0.638. The number of aromatic nitrogens is 2. The van der Waals surface area contributed by atoms with Gasteiger partial charge in [-0.15, -0.1) is 5.10 Å². The molecular formula is C24H15ClN4O4. The number of aromatic amines is 1. The fraction of sp³-hybridized carbons (Fsp3) is 0.0417. The number of hydrogen-bond acceptors (Lipinski definition) is 7. The molecule has 0 saturated heterocycles. The Bertz CT molecular complexity index is 1430. The average Bonchev–Trinajstić information content (AvgIpc) is 3.49. The molecule has 8 nitrogen and oxygen atoms in total. The summed E-state index contributed by atoms with van der Waals surface area (Å²) < 4.78 is 16.2. The highest BCUT2D eigenvalue weighted by Crippen LogP contribution is 2.47. The third-order valence-electron chi connectivity index (χ3n) is 5.21. The van der Waals surface area contributed by atoms with Crippen molar-refractivity contribution < 1.29 is 18.7 Å². The van der Waals surface area contributed by atoms with Gasteiger partial charge in [0.05, 0.1) is 23.4 Å². The Kier molecular flexibility index (Phi) is 5.09. The number of hydrogen-bond donors (Lipinski definition) is 2. The quantitative estimate of drug-likeness (QED) is 0.333. The van der Waals surface area contributed by atoms with Crippen molar-refractivity contribution >= 4 is 17.6 Å². The summed E-state index contributed by atoms with van der Waals surface area (Å²) in [6, 6.07) is 19.3. The molecule has 33 heavy (non-hydrogen) atoms. The summed E-state index contributed by atoms with van der Waals surface area (Å²) in [6.07, 6.45) is 1.39. The summed E-state index contributed by atoms with van der Waals surface area (Å²) >= 11 is 6.43. The molecule has 0 spiro atoms. The van der Waals surface area contributed by atoms with E-state index in [0.717, 1.165) is 0 Å². The smallest absolute Gasteiger partial charge is 0.379 e. The van der Waals surface area contributed by atoms with E-state index in [-0.39, 0.29) is 28.8 Å². The molecule has 0 bridgehead atoms. The third kappa shape index (κ3) is 3.60. The van der Waals surface area contributed by atoms with Crippen LogP contribution in [0.4, 0.5) is 0 Å². The van der Waals surface area contributed by atoms with Gasteiger partial charge in [0.2, 0.25) is 17.5 Å². The van der Waals surface area contributed by atoms with Crippen LogP contribution >= 0.6 is 11.6 Å². The van der Waals surface area contributed by atoms with E-state index in [2.05, 4.69) is 16.3 Å². The lowest BCUT2D eigenvalue weighted by Crippen LogP contribution is -2.21. The molecule has 3 N–H and O–H groups in total. The lowest BCUT2D eigenvalue weighted by molar-refractivity contribution is 0.0701. The van der Waals surface area contributed by atoms with E-state index in [0.29, 0.717) is 27.4 Å². The molecule has 9 heteroatoms. The van der Waals surface area contributed by atoms with Gasteiger partial charge in [0, 0.05) is 10.6 Å². The minimum absolute atomic E-state index is 0.0507. The summed E-state index contributed by atoms with van der Waals surface area (Å²) in [6.45, 7) is 0. The van der Waals surface area contributed by atoms with Gasteiger partial charge in [-0.05, 0) is 35.9 Å². The molecule has 0 fully saturated rings. The fourth-order valence-electron chi connectivity index (χ4n) is 3.76. The van der Waals surface area contributed by atoms with Crippen LogP contribution in [0.2, 0.25) is 5.02 Å². The fourth-order valence-corrected chi connectivity index (χ4v) is 3.99. The van der Waals surface area contributed by atoms with E-state index < -0.39 is 11.9 Å². The van der Waals surface area contributed by atoms with E-state index in [9.17, 15) is 10.1 Å². The first-order chi connectivity index (χ1) is 16.1. The number of ether oxygens (including phenoxy) is 2. The summed E-state index contributed by atoms with van der Waals surface area (Å²) in [7, 11) is 0. The zero-order valence-electron chi connectivity index (χ0n) is 16.9. The Morgan fingerprint density at radius 3 is 2.79 bits per heavy atom. The normalized spacial score (nSPS) is 14.8. The van der Waals surface area contributed by atoms with Crippen LogP contribution in [-0.4, -0.2) is 16.2 Å². The standard InChI is InChI=1S/C24H15ClN4O4/c25-17-8-2-1-7-15(17)21-20-19(16(12-26)22(27)33-23(20)29-28-21)13-5-3-6-14(11-13)32-24(30)18-9-4-10-31-18/h1-11,19H,27H2,(H,28,29)/t19-/m0/s1. The molecular weight excluding hydrogens is 444 g/mol. The Labute approximate surface area is 192 Å². The summed E-state index contributed by atoms with van der Waals surface area (Å²) in [5.41, 5.74) is 8.79. The van der Waals surface area contributed by atoms with E-state index in [1.54, 1.807) is 36.4 Å². The molecule has 0 radical (unpaired) electrons. The van der Waals surface area contributed by atoms with Crippen molar-refractivity contribution in [2.24, 2.45) is 5.73 Å². The highest BCUT2D eigenvalue weighted by molar-refractivity contribution is 6.33. The second kappa shape index (κ2) is 8.22. The van der Waals surface area contributed by atoms with E-state index in [1.165, 1.54) is 12.3 Å². The monoisotopic (exact) mass is 458 g/mol. The number of carbonyl (C=O) groups excluding carboxylic acids is 1. The lowest BCUT2D eigenvalue weighted by atomic mass is 9.83. The molecule has 162 valence electrons. The van der Waals surface area contributed by atoms with E-state index in [4.69, 9.17) is 31.2 Å². The molecule has 0 amide bonds. The van der Waals surface area contributed by atoms with Crippen molar-refractivity contribution in [2.75, 3.05) is 0 Å². The number of halogens is 1. The van der Waals surface area contributed by atoms with Crippen LogP contribution < -0.4 is 15.2 Å². The van der Waals surface area contributed by atoms with Crippen molar-refractivity contribution in [1.82, 2.24) is 10.2 Å². The number of rotatable bonds is 4. The second-order valence-electron chi connectivity index (χ2n) is 7.16. The predicted molar refractivity (Wildman–Crippen MR) is 118 cm³/mol. The highest BCUT2D eigenvalue weighted by atomic mass is 35.5. The predicted octanol–water partition coefficient (Wildman–Crippen LogP) is 4.76. The van der Waals surface area contributed by atoms with Crippen LogP contribution in [-0.2, 0) is 0 Å². The number of esters is 1. The maximum atomic E-state index is 12.3. The Morgan fingerprint density at radius 2 is 2.03 bits per heavy atom. The number of H-pyrrole nitrogens is 1. The third-order valence-corrected chi connectivity index (χ3v) is 5.54. The van der Waals surface area contributed by atoms with Gasteiger partial charge in [-0.3, -0.25) is 5.10 Å². The van der Waals surface area contributed by atoms with Crippen molar-refractivity contribution in [2.45, 2.75) is 5.92 Å². The number of allylic oxidation sites excluding steroid dienone is 1. The van der Waals surface area contributed by atoms with Crippen LogP contribution in [0.15, 0.2) is 82.8 Å². The molecule has 2 aromatic heterocycles. The zero-order chi connectivity index (χ0) is 22.9. The van der Waals surface area contributed by atoms with Gasteiger partial charge >= 0.3 is 5.97 Å². The molecule has 0 aliphatic carbocycles. The van der Waals surface area contributed by atoms with Crippen LogP contribution in [0.25, 0.3) is 11.3 Å². The van der Waals surface area contributed by atoms with Crippen LogP contribution in [0.5, 0.6) is 11.6 Å². The molecule has 1 aliphatic rings. The first-order valence-corrected chi connectivity index (χ1v) is 10.2. The largest absolute Gasteiger partial charge is 0.457 e. The van der Waals surface area contributed by atoms with E-state index >= 15 is 0 Å². The number of furan rings is 1. The number of nitrogens with one attached hydrogen (secondary N) is 1. The summed E-state index contributed by atoms with van der Waals surface area (Å²) in [5.74, 6) is -0.729. The number of nitrogens with zero attached hydrogens (tertiary/aromatic N) is 2. The molecule has 1 atom stereocenters. The van der Waals surface area contributed by atoms with Crippen molar-refractivity contribution in [3.8, 4) is 29.0 Å². The maximum Gasteiger partial charge on any atom is 0.379 e. The topological polar surface area (TPSA) is 127 Å². The molecule has 4 aromatic rings. The van der Waals surface area contributed by atoms with Crippen molar-refractivity contribution in [3.05, 3.63) is 100 Å².